The minimum absolute atomic E-state index is 0.111. The lowest BCUT2D eigenvalue weighted by Crippen LogP contribution is -2.14. The smallest absolute Gasteiger partial charge is 0.0155 e. The van der Waals surface area contributed by atoms with Crippen LogP contribution in [0.1, 0.15) is 31.9 Å². The maximum atomic E-state index is 3.81. The van der Waals surface area contributed by atoms with E-state index in [-0.39, 0.29) is 5.41 Å². The van der Waals surface area contributed by atoms with Gasteiger partial charge in [0.15, 0.2) is 0 Å². The first-order valence-corrected chi connectivity index (χ1v) is 5.72. The Hall–Kier alpha value is -1.56. The van der Waals surface area contributed by atoms with Gasteiger partial charge in [0, 0.05) is 5.41 Å². The molecule has 0 nitrogen and oxygen atoms in total. The number of benzene rings is 1. The van der Waals surface area contributed by atoms with Crippen molar-refractivity contribution in [2.45, 2.75) is 26.2 Å². The summed E-state index contributed by atoms with van der Waals surface area (Å²) in [6.07, 6.45) is 6.20. The van der Waals surface area contributed by atoms with Crippen LogP contribution in [0.15, 0.2) is 54.6 Å². The van der Waals surface area contributed by atoms with Crippen LogP contribution >= 0.6 is 0 Å². The second kappa shape index (κ2) is 3.79. The molecule has 1 aliphatic rings. The minimum Gasteiger partial charge on any atom is -0.0990 e. The van der Waals surface area contributed by atoms with Gasteiger partial charge in [-0.3, -0.25) is 0 Å². The first-order chi connectivity index (χ1) is 7.62. The molecular weight excluding hydrogens is 192 g/mol. The van der Waals surface area contributed by atoms with Crippen molar-refractivity contribution in [3.63, 3.8) is 0 Å². The van der Waals surface area contributed by atoms with E-state index in [2.05, 4.69) is 63.8 Å². The van der Waals surface area contributed by atoms with E-state index < -0.39 is 0 Å². The Labute approximate surface area is 98.0 Å². The van der Waals surface area contributed by atoms with Crippen LogP contribution in [-0.4, -0.2) is 0 Å². The Balaban J connectivity index is 2.76. The molecule has 1 aromatic carbocycles. The second-order valence-electron chi connectivity index (χ2n) is 4.69. The molecular formula is C16H18. The molecule has 0 amide bonds. The van der Waals surface area contributed by atoms with E-state index in [0.717, 1.165) is 0 Å². The van der Waals surface area contributed by atoms with Crippen LogP contribution in [0.3, 0.4) is 0 Å². The standard InChI is InChI=1S/C16H18/c1-5-9-12-13-10-7-8-11-15(13)16(3,4)14(12)6-2/h5-11H,1H2,2-4H3/b12-9?,14-6+. The lowest BCUT2D eigenvalue weighted by atomic mass is 9.82. The third-order valence-electron chi connectivity index (χ3n) is 3.43. The monoisotopic (exact) mass is 210 g/mol. The molecule has 0 heteroatoms. The molecule has 0 unspecified atom stereocenters. The van der Waals surface area contributed by atoms with Gasteiger partial charge in [0.2, 0.25) is 0 Å². The van der Waals surface area contributed by atoms with Gasteiger partial charge in [0.1, 0.15) is 0 Å². The summed E-state index contributed by atoms with van der Waals surface area (Å²) in [6, 6.07) is 8.64. The molecule has 0 spiro atoms. The largest absolute Gasteiger partial charge is 0.0990 e. The van der Waals surface area contributed by atoms with Gasteiger partial charge >= 0.3 is 0 Å². The Morgan fingerprint density at radius 3 is 2.50 bits per heavy atom. The van der Waals surface area contributed by atoms with E-state index in [1.807, 2.05) is 6.08 Å². The van der Waals surface area contributed by atoms with Crippen molar-refractivity contribution in [3.05, 3.63) is 65.8 Å². The average molecular weight is 210 g/mol. The van der Waals surface area contributed by atoms with Gasteiger partial charge in [-0.1, -0.05) is 62.9 Å². The van der Waals surface area contributed by atoms with Gasteiger partial charge in [0.25, 0.3) is 0 Å². The summed E-state index contributed by atoms with van der Waals surface area (Å²) in [5.74, 6) is 0. The highest BCUT2D eigenvalue weighted by atomic mass is 14.4. The Morgan fingerprint density at radius 1 is 1.19 bits per heavy atom. The number of allylic oxidation sites excluding steroid dienone is 5. The third-order valence-corrected chi connectivity index (χ3v) is 3.43. The molecule has 82 valence electrons. The Morgan fingerprint density at radius 2 is 1.88 bits per heavy atom. The fraction of sp³-hybridized carbons (Fsp3) is 0.250. The summed E-state index contributed by atoms with van der Waals surface area (Å²) in [5, 5.41) is 0. The first-order valence-electron chi connectivity index (χ1n) is 5.72. The first kappa shape index (κ1) is 10.9. The molecule has 16 heavy (non-hydrogen) atoms. The van der Waals surface area contributed by atoms with Crippen molar-refractivity contribution in [2.75, 3.05) is 0 Å². The predicted octanol–water partition coefficient (Wildman–Crippen LogP) is 4.49. The highest BCUT2D eigenvalue weighted by Crippen LogP contribution is 2.49. The maximum Gasteiger partial charge on any atom is 0.0155 e. The highest BCUT2D eigenvalue weighted by molar-refractivity contribution is 5.90. The molecule has 0 bridgehead atoms. The summed E-state index contributed by atoms with van der Waals surface area (Å²) >= 11 is 0. The zero-order chi connectivity index (χ0) is 11.8. The molecule has 0 aliphatic heterocycles. The van der Waals surface area contributed by atoms with Gasteiger partial charge in [-0.15, -0.1) is 0 Å². The average Bonchev–Trinajstić information content (AvgIpc) is 2.49. The topological polar surface area (TPSA) is 0 Å². The van der Waals surface area contributed by atoms with E-state index in [1.54, 1.807) is 0 Å². The second-order valence-corrected chi connectivity index (χ2v) is 4.69. The molecule has 0 N–H and O–H groups in total. The van der Waals surface area contributed by atoms with Gasteiger partial charge in [-0.05, 0) is 29.2 Å². The summed E-state index contributed by atoms with van der Waals surface area (Å²) in [7, 11) is 0. The van der Waals surface area contributed by atoms with Crippen LogP contribution in [0.5, 0.6) is 0 Å². The number of hydrogen-bond donors (Lipinski definition) is 0. The zero-order valence-corrected chi connectivity index (χ0v) is 10.2. The molecule has 0 saturated heterocycles. The normalized spacial score (nSPS) is 22.4. The van der Waals surface area contributed by atoms with Crippen LogP contribution in [-0.2, 0) is 5.41 Å². The number of fused-ring (bicyclic) bond motifs is 1. The quantitative estimate of drug-likeness (QED) is 0.640. The Bertz CT molecular complexity index is 485. The van der Waals surface area contributed by atoms with Gasteiger partial charge < -0.3 is 0 Å². The minimum atomic E-state index is 0.111. The van der Waals surface area contributed by atoms with Gasteiger partial charge in [0.05, 0.1) is 0 Å². The predicted molar refractivity (Wildman–Crippen MR) is 71.4 cm³/mol. The molecule has 2 rings (SSSR count). The lowest BCUT2D eigenvalue weighted by molar-refractivity contribution is 0.659. The van der Waals surface area contributed by atoms with Crippen LogP contribution in [0.4, 0.5) is 0 Å². The number of rotatable bonds is 1. The SMILES string of the molecule is C=CC=C1/C(=C\C)C(C)(C)c2ccccc21. The molecule has 0 aromatic heterocycles. The summed E-state index contributed by atoms with van der Waals surface area (Å²) in [5.41, 5.74) is 5.59. The fourth-order valence-electron chi connectivity index (χ4n) is 2.70. The molecule has 0 radical (unpaired) electrons. The van der Waals surface area contributed by atoms with Crippen molar-refractivity contribution in [1.29, 1.82) is 0 Å². The summed E-state index contributed by atoms with van der Waals surface area (Å²) in [6.45, 7) is 10.5. The van der Waals surface area contributed by atoms with Crippen LogP contribution in [0, 0.1) is 0 Å². The molecule has 0 saturated carbocycles. The number of hydrogen-bond acceptors (Lipinski definition) is 0. The van der Waals surface area contributed by atoms with Crippen LogP contribution in [0.25, 0.3) is 5.57 Å². The maximum absolute atomic E-state index is 3.81. The van der Waals surface area contributed by atoms with Crippen molar-refractivity contribution in [1.82, 2.24) is 0 Å². The highest BCUT2D eigenvalue weighted by Gasteiger charge is 2.36. The van der Waals surface area contributed by atoms with Crippen molar-refractivity contribution < 1.29 is 0 Å². The van der Waals surface area contributed by atoms with Crippen molar-refractivity contribution >= 4 is 5.57 Å². The van der Waals surface area contributed by atoms with E-state index >= 15 is 0 Å². The molecule has 1 aliphatic carbocycles. The van der Waals surface area contributed by atoms with E-state index in [0.29, 0.717) is 0 Å². The van der Waals surface area contributed by atoms with E-state index in [9.17, 15) is 0 Å². The molecule has 0 heterocycles. The van der Waals surface area contributed by atoms with Gasteiger partial charge in [-0.2, -0.15) is 0 Å². The zero-order valence-electron chi connectivity index (χ0n) is 10.2. The van der Waals surface area contributed by atoms with Crippen LogP contribution in [0.2, 0.25) is 0 Å². The van der Waals surface area contributed by atoms with Crippen molar-refractivity contribution in [2.24, 2.45) is 0 Å². The van der Waals surface area contributed by atoms with Gasteiger partial charge in [-0.25, -0.2) is 0 Å². The summed E-state index contributed by atoms with van der Waals surface area (Å²) < 4.78 is 0. The Kier molecular flexibility index (Phi) is 2.59. The summed E-state index contributed by atoms with van der Waals surface area (Å²) in [4.78, 5) is 0. The van der Waals surface area contributed by atoms with E-state index in [1.165, 1.54) is 22.3 Å². The van der Waals surface area contributed by atoms with E-state index in [4.69, 9.17) is 0 Å². The lowest BCUT2D eigenvalue weighted by Gasteiger charge is -2.21. The van der Waals surface area contributed by atoms with Crippen molar-refractivity contribution in [3.8, 4) is 0 Å². The fourth-order valence-corrected chi connectivity index (χ4v) is 2.70. The molecule has 0 atom stereocenters. The van der Waals surface area contributed by atoms with Crippen LogP contribution < -0.4 is 0 Å². The third kappa shape index (κ3) is 1.37. The molecule has 1 aromatic rings. The molecule has 0 fully saturated rings.